The summed E-state index contributed by atoms with van der Waals surface area (Å²) >= 11 is 5.65. The average Bonchev–Trinajstić information content (AvgIpc) is 2.63. The van der Waals surface area contributed by atoms with Crippen molar-refractivity contribution in [2.45, 2.75) is 24.7 Å². The zero-order valence-corrected chi connectivity index (χ0v) is 16.4. The number of likely N-dealkylation sites (tertiary alicyclic amines) is 1. The van der Waals surface area contributed by atoms with Gasteiger partial charge in [-0.15, -0.1) is 0 Å². The van der Waals surface area contributed by atoms with Crippen LogP contribution in [0.1, 0.15) is 30.1 Å². The summed E-state index contributed by atoms with van der Waals surface area (Å²) in [4.78, 5) is 14.3. The second kappa shape index (κ2) is 7.86. The van der Waals surface area contributed by atoms with Crippen LogP contribution in [-0.4, -0.2) is 32.3 Å². The molecule has 0 saturated carbocycles. The Labute approximate surface area is 163 Å². The van der Waals surface area contributed by atoms with E-state index < -0.39 is 15.8 Å². The van der Waals surface area contributed by atoms with Crippen LogP contribution in [0, 0.1) is 11.7 Å². The summed E-state index contributed by atoms with van der Waals surface area (Å²) in [6, 6.07) is 9.44. The van der Waals surface area contributed by atoms with Crippen molar-refractivity contribution in [3.63, 3.8) is 0 Å². The third-order valence-corrected chi connectivity index (χ3v) is 6.20. The minimum atomic E-state index is -3.91. The Morgan fingerprint density at radius 2 is 1.93 bits per heavy atom. The number of nitrogens with zero attached hydrogens (tertiary/aromatic N) is 1. The van der Waals surface area contributed by atoms with Crippen LogP contribution in [0.2, 0.25) is 5.02 Å². The van der Waals surface area contributed by atoms with Gasteiger partial charge < -0.3 is 4.90 Å². The van der Waals surface area contributed by atoms with Gasteiger partial charge in [-0.05, 0) is 61.2 Å². The largest absolute Gasteiger partial charge is 0.338 e. The molecule has 27 heavy (non-hydrogen) atoms. The number of hydrogen-bond donors (Lipinski definition) is 1. The number of hydrogen-bond acceptors (Lipinski definition) is 3. The Hall–Kier alpha value is -2.12. The fourth-order valence-corrected chi connectivity index (χ4v) is 4.43. The van der Waals surface area contributed by atoms with Crippen LogP contribution in [0.5, 0.6) is 0 Å². The van der Waals surface area contributed by atoms with Gasteiger partial charge in [0.15, 0.2) is 0 Å². The van der Waals surface area contributed by atoms with E-state index in [1.807, 2.05) is 4.90 Å². The topological polar surface area (TPSA) is 66.5 Å². The Morgan fingerprint density at radius 3 is 2.56 bits per heavy atom. The maximum atomic E-state index is 13.2. The normalized spacial score (nSPS) is 17.6. The summed E-state index contributed by atoms with van der Waals surface area (Å²) in [7, 11) is -3.91. The number of benzene rings is 2. The quantitative estimate of drug-likeness (QED) is 0.823. The minimum absolute atomic E-state index is 0.0544. The van der Waals surface area contributed by atoms with Crippen molar-refractivity contribution < 1.29 is 17.6 Å². The first kappa shape index (κ1) is 19.6. The molecule has 1 amide bonds. The first-order valence-electron chi connectivity index (χ1n) is 8.63. The van der Waals surface area contributed by atoms with Gasteiger partial charge >= 0.3 is 0 Å². The summed E-state index contributed by atoms with van der Waals surface area (Å²) in [6.45, 7) is 3.60. The fraction of sp³-hybridized carbons (Fsp3) is 0.316. The van der Waals surface area contributed by atoms with Crippen LogP contribution in [0.15, 0.2) is 47.4 Å². The number of sulfonamides is 1. The summed E-state index contributed by atoms with van der Waals surface area (Å²) in [5.74, 6) is -0.261. The van der Waals surface area contributed by atoms with Gasteiger partial charge in [0.25, 0.3) is 15.9 Å². The van der Waals surface area contributed by atoms with Crippen molar-refractivity contribution in [3.05, 3.63) is 58.9 Å². The number of amides is 1. The third kappa shape index (κ3) is 4.59. The maximum Gasteiger partial charge on any atom is 0.261 e. The Bertz CT molecular complexity index is 948. The summed E-state index contributed by atoms with van der Waals surface area (Å²) in [5, 5.41) is -0.269. The van der Waals surface area contributed by atoms with E-state index in [9.17, 15) is 17.6 Å². The van der Waals surface area contributed by atoms with Crippen LogP contribution in [0.25, 0.3) is 0 Å². The minimum Gasteiger partial charge on any atom is -0.338 e. The fourth-order valence-electron chi connectivity index (χ4n) is 3.10. The number of rotatable bonds is 4. The van der Waals surface area contributed by atoms with E-state index in [2.05, 4.69) is 11.6 Å². The molecule has 1 aliphatic rings. The number of nitrogens with one attached hydrogen (secondary N) is 1. The number of piperidine rings is 1. The standard InChI is InChI=1S/C19H20ClFN2O3S/c1-13-3-2-10-23(12-13)19(24)14-4-6-15(7-5-14)22-27(25,26)16-8-9-18(21)17(20)11-16/h4-9,11,13,22H,2-3,10,12H2,1H3. The highest BCUT2D eigenvalue weighted by Gasteiger charge is 2.22. The SMILES string of the molecule is CC1CCCN(C(=O)c2ccc(NS(=O)(=O)c3ccc(F)c(Cl)c3)cc2)C1. The molecule has 5 nitrogen and oxygen atoms in total. The van der Waals surface area contributed by atoms with E-state index >= 15 is 0 Å². The van der Waals surface area contributed by atoms with Crippen molar-refractivity contribution >= 4 is 33.2 Å². The lowest BCUT2D eigenvalue weighted by molar-refractivity contribution is 0.0683. The Balaban J connectivity index is 1.73. The number of halogens is 2. The zero-order valence-electron chi connectivity index (χ0n) is 14.8. The number of carbonyl (C=O) groups is 1. The molecule has 1 saturated heterocycles. The molecular weight excluding hydrogens is 391 g/mol. The third-order valence-electron chi connectivity index (χ3n) is 4.53. The molecule has 2 aromatic carbocycles. The Morgan fingerprint density at radius 1 is 1.22 bits per heavy atom. The van der Waals surface area contributed by atoms with Crippen LogP contribution in [0.4, 0.5) is 10.1 Å². The molecule has 1 fully saturated rings. The van der Waals surface area contributed by atoms with Crippen molar-refractivity contribution in [1.29, 1.82) is 0 Å². The van der Waals surface area contributed by atoms with E-state index in [-0.39, 0.29) is 15.8 Å². The molecule has 2 aromatic rings. The molecule has 1 aliphatic heterocycles. The van der Waals surface area contributed by atoms with Gasteiger partial charge in [0.2, 0.25) is 0 Å². The molecule has 8 heteroatoms. The molecule has 1 unspecified atom stereocenters. The predicted octanol–water partition coefficient (Wildman–Crippen LogP) is 4.15. The Kier molecular flexibility index (Phi) is 5.72. The van der Waals surface area contributed by atoms with Crippen LogP contribution in [0.3, 0.4) is 0 Å². The van der Waals surface area contributed by atoms with Crippen molar-refractivity contribution in [1.82, 2.24) is 4.90 Å². The lowest BCUT2D eigenvalue weighted by Gasteiger charge is -2.31. The van der Waals surface area contributed by atoms with Gasteiger partial charge in [-0.1, -0.05) is 18.5 Å². The second-order valence-electron chi connectivity index (χ2n) is 6.76. The van der Waals surface area contributed by atoms with Gasteiger partial charge in [-0.25, -0.2) is 12.8 Å². The smallest absolute Gasteiger partial charge is 0.261 e. The number of carbonyl (C=O) groups excluding carboxylic acids is 1. The molecule has 1 heterocycles. The molecule has 0 aromatic heterocycles. The van der Waals surface area contributed by atoms with Crippen molar-refractivity contribution in [2.24, 2.45) is 5.92 Å². The van der Waals surface area contributed by atoms with Gasteiger partial charge in [0.1, 0.15) is 5.82 Å². The van der Waals surface area contributed by atoms with E-state index in [0.29, 0.717) is 17.2 Å². The first-order chi connectivity index (χ1) is 12.8. The van der Waals surface area contributed by atoms with E-state index in [4.69, 9.17) is 11.6 Å². The molecule has 1 N–H and O–H groups in total. The van der Waals surface area contributed by atoms with Crippen LogP contribution < -0.4 is 4.72 Å². The summed E-state index contributed by atoms with van der Waals surface area (Å²) in [6.07, 6.45) is 2.11. The van der Waals surface area contributed by atoms with Gasteiger partial charge in [0, 0.05) is 24.3 Å². The van der Waals surface area contributed by atoms with Crippen LogP contribution >= 0.6 is 11.6 Å². The highest BCUT2D eigenvalue weighted by atomic mass is 35.5. The first-order valence-corrected chi connectivity index (χ1v) is 10.5. The molecule has 0 bridgehead atoms. The van der Waals surface area contributed by atoms with E-state index in [0.717, 1.165) is 44.1 Å². The lowest BCUT2D eigenvalue weighted by atomic mass is 9.99. The predicted molar refractivity (Wildman–Crippen MR) is 103 cm³/mol. The van der Waals surface area contributed by atoms with Gasteiger partial charge in [-0.2, -0.15) is 0 Å². The van der Waals surface area contributed by atoms with E-state index in [1.54, 1.807) is 12.1 Å². The van der Waals surface area contributed by atoms with Gasteiger partial charge in [-0.3, -0.25) is 9.52 Å². The molecule has 144 valence electrons. The second-order valence-corrected chi connectivity index (χ2v) is 8.85. The zero-order chi connectivity index (χ0) is 19.6. The molecule has 3 rings (SSSR count). The molecule has 0 radical (unpaired) electrons. The van der Waals surface area contributed by atoms with Crippen LogP contribution in [-0.2, 0) is 10.0 Å². The monoisotopic (exact) mass is 410 g/mol. The van der Waals surface area contributed by atoms with Gasteiger partial charge in [0.05, 0.1) is 9.92 Å². The highest BCUT2D eigenvalue weighted by molar-refractivity contribution is 7.92. The summed E-state index contributed by atoms with van der Waals surface area (Å²) in [5.41, 5.74) is 0.816. The lowest BCUT2D eigenvalue weighted by Crippen LogP contribution is -2.39. The molecule has 1 atom stereocenters. The maximum absolute atomic E-state index is 13.2. The van der Waals surface area contributed by atoms with E-state index in [1.165, 1.54) is 12.1 Å². The summed E-state index contributed by atoms with van der Waals surface area (Å²) < 4.78 is 40.4. The van der Waals surface area contributed by atoms with Crippen molar-refractivity contribution in [2.75, 3.05) is 17.8 Å². The average molecular weight is 411 g/mol. The molecule has 0 spiro atoms. The molecular formula is C19H20ClFN2O3S. The number of anilines is 1. The highest BCUT2D eigenvalue weighted by Crippen LogP contribution is 2.23. The van der Waals surface area contributed by atoms with Crippen molar-refractivity contribution in [3.8, 4) is 0 Å². The molecule has 0 aliphatic carbocycles.